The average molecular weight is 308 g/mol. The van der Waals surface area contributed by atoms with Crippen LogP contribution >= 0.6 is 11.3 Å². The zero-order valence-corrected chi connectivity index (χ0v) is 14.5. The van der Waals surface area contributed by atoms with E-state index >= 15 is 0 Å². The molecule has 118 valence electrons. The molecule has 1 aliphatic heterocycles. The van der Waals surface area contributed by atoms with Crippen molar-refractivity contribution in [3.8, 4) is 0 Å². The van der Waals surface area contributed by atoms with E-state index in [1.807, 2.05) is 11.3 Å². The second kappa shape index (κ2) is 5.98. The number of likely N-dealkylation sites (tertiary alicyclic amines) is 1. The minimum atomic E-state index is -0.244. The van der Waals surface area contributed by atoms with Gasteiger partial charge in [0.25, 0.3) is 0 Å². The number of piperidine rings is 1. The first-order valence-electron chi connectivity index (χ1n) is 8.48. The zero-order valence-electron chi connectivity index (χ0n) is 13.7. The largest absolute Gasteiger partial charge is 0.321 e. The Balaban J connectivity index is 1.68. The zero-order chi connectivity index (χ0) is 15.0. The van der Waals surface area contributed by atoms with Gasteiger partial charge in [0.15, 0.2) is 0 Å². The highest BCUT2D eigenvalue weighted by Gasteiger charge is 2.33. The molecule has 21 heavy (non-hydrogen) atoms. The molecular formula is C17H29N3S. The Bertz CT molecular complexity index is 485. The second-order valence-electron chi connectivity index (χ2n) is 7.45. The Hall–Kier alpha value is -0.450. The Morgan fingerprint density at radius 3 is 2.67 bits per heavy atom. The lowest BCUT2D eigenvalue weighted by atomic mass is 10.0. The van der Waals surface area contributed by atoms with Crippen LogP contribution in [0.5, 0.6) is 0 Å². The van der Waals surface area contributed by atoms with E-state index in [0.29, 0.717) is 5.92 Å². The van der Waals surface area contributed by atoms with Crippen molar-refractivity contribution in [2.24, 2.45) is 5.73 Å². The van der Waals surface area contributed by atoms with Crippen LogP contribution in [0.2, 0.25) is 0 Å². The van der Waals surface area contributed by atoms with Gasteiger partial charge in [-0.05, 0) is 53.0 Å². The monoisotopic (exact) mass is 307 g/mol. The molecule has 3 nitrogen and oxygen atoms in total. The van der Waals surface area contributed by atoms with Crippen molar-refractivity contribution in [3.05, 3.63) is 15.6 Å². The molecule has 1 unspecified atom stereocenters. The third-order valence-corrected chi connectivity index (χ3v) is 6.27. The van der Waals surface area contributed by atoms with E-state index in [1.54, 1.807) is 0 Å². The number of thiazole rings is 1. The SMILES string of the molecule is CC1CCCCN1CCc1nc(C2CC2)c(C(C)(C)N)s1. The van der Waals surface area contributed by atoms with Crippen LogP contribution in [0.25, 0.3) is 0 Å². The van der Waals surface area contributed by atoms with Crippen molar-refractivity contribution in [1.29, 1.82) is 0 Å². The molecule has 1 aromatic heterocycles. The number of rotatable bonds is 5. The highest BCUT2D eigenvalue weighted by molar-refractivity contribution is 7.11. The van der Waals surface area contributed by atoms with Crippen LogP contribution in [0.15, 0.2) is 0 Å². The van der Waals surface area contributed by atoms with Crippen molar-refractivity contribution in [2.45, 2.75) is 76.8 Å². The molecule has 3 rings (SSSR count). The maximum atomic E-state index is 6.36. The van der Waals surface area contributed by atoms with Gasteiger partial charge in [0.05, 0.1) is 10.7 Å². The van der Waals surface area contributed by atoms with Crippen LogP contribution in [-0.4, -0.2) is 29.0 Å². The Morgan fingerprint density at radius 1 is 1.29 bits per heavy atom. The van der Waals surface area contributed by atoms with Crippen molar-refractivity contribution >= 4 is 11.3 Å². The summed E-state index contributed by atoms with van der Waals surface area (Å²) in [7, 11) is 0. The maximum Gasteiger partial charge on any atom is 0.0944 e. The predicted octanol–water partition coefficient (Wildman–Crippen LogP) is 3.63. The molecule has 0 spiro atoms. The first kappa shape index (κ1) is 15.4. The van der Waals surface area contributed by atoms with E-state index in [2.05, 4.69) is 25.7 Å². The molecule has 1 saturated carbocycles. The predicted molar refractivity (Wildman–Crippen MR) is 89.9 cm³/mol. The second-order valence-corrected chi connectivity index (χ2v) is 8.53. The Morgan fingerprint density at radius 2 is 2.05 bits per heavy atom. The van der Waals surface area contributed by atoms with Crippen LogP contribution in [0.4, 0.5) is 0 Å². The lowest BCUT2D eigenvalue weighted by molar-refractivity contribution is 0.163. The van der Waals surface area contributed by atoms with Gasteiger partial charge in [-0.2, -0.15) is 0 Å². The third-order valence-electron chi connectivity index (χ3n) is 4.80. The van der Waals surface area contributed by atoms with Gasteiger partial charge in [-0.1, -0.05) is 6.42 Å². The maximum absolute atomic E-state index is 6.36. The third kappa shape index (κ3) is 3.66. The van der Waals surface area contributed by atoms with Crippen molar-refractivity contribution < 1.29 is 0 Å². The van der Waals surface area contributed by atoms with Gasteiger partial charge in [-0.15, -0.1) is 11.3 Å². The van der Waals surface area contributed by atoms with Gasteiger partial charge in [0.1, 0.15) is 0 Å². The van der Waals surface area contributed by atoms with Crippen LogP contribution in [0.3, 0.4) is 0 Å². The van der Waals surface area contributed by atoms with Crippen molar-refractivity contribution in [2.75, 3.05) is 13.1 Å². The van der Waals surface area contributed by atoms with Gasteiger partial charge in [0, 0.05) is 35.3 Å². The number of hydrogen-bond donors (Lipinski definition) is 1. The molecule has 1 saturated heterocycles. The summed E-state index contributed by atoms with van der Waals surface area (Å²) in [5.41, 5.74) is 7.43. The average Bonchev–Trinajstić information content (AvgIpc) is 3.17. The standard InChI is InChI=1S/C17H29N3S/c1-12-6-4-5-10-20(12)11-9-14-19-15(13-7-8-13)16(21-14)17(2,3)18/h12-13H,4-11,18H2,1-3H3. The van der Waals surface area contributed by atoms with E-state index in [1.165, 1.54) is 54.2 Å². The fourth-order valence-corrected chi connectivity index (χ4v) is 4.46. The van der Waals surface area contributed by atoms with E-state index in [0.717, 1.165) is 19.0 Å². The summed E-state index contributed by atoms with van der Waals surface area (Å²) in [6.07, 6.45) is 7.80. The molecule has 0 aromatic carbocycles. The Kier molecular flexibility index (Phi) is 4.40. The number of hydrogen-bond acceptors (Lipinski definition) is 4. The Labute approximate surface area is 132 Å². The fraction of sp³-hybridized carbons (Fsp3) is 0.824. The van der Waals surface area contributed by atoms with E-state index in [-0.39, 0.29) is 5.54 Å². The smallest absolute Gasteiger partial charge is 0.0944 e. The first-order chi connectivity index (χ1) is 9.95. The molecule has 0 amide bonds. The number of nitrogens with zero attached hydrogens (tertiary/aromatic N) is 2. The summed E-state index contributed by atoms with van der Waals surface area (Å²) in [6.45, 7) is 9.01. The van der Waals surface area contributed by atoms with E-state index < -0.39 is 0 Å². The van der Waals surface area contributed by atoms with Crippen molar-refractivity contribution in [3.63, 3.8) is 0 Å². The van der Waals surface area contributed by atoms with Gasteiger partial charge in [-0.25, -0.2) is 4.98 Å². The van der Waals surface area contributed by atoms with E-state index in [4.69, 9.17) is 10.7 Å². The summed E-state index contributed by atoms with van der Waals surface area (Å²) in [6, 6.07) is 0.743. The topological polar surface area (TPSA) is 42.2 Å². The molecule has 2 heterocycles. The van der Waals surface area contributed by atoms with Gasteiger partial charge in [-0.3, -0.25) is 0 Å². The molecule has 1 aliphatic carbocycles. The van der Waals surface area contributed by atoms with Crippen LogP contribution in [0.1, 0.15) is 74.4 Å². The molecule has 1 aromatic rings. The molecule has 1 atom stereocenters. The van der Waals surface area contributed by atoms with Crippen LogP contribution in [-0.2, 0) is 12.0 Å². The number of aromatic nitrogens is 1. The minimum absolute atomic E-state index is 0.244. The van der Waals surface area contributed by atoms with Crippen LogP contribution in [0, 0.1) is 0 Å². The highest BCUT2D eigenvalue weighted by Crippen LogP contribution is 2.45. The molecule has 2 fully saturated rings. The lowest BCUT2D eigenvalue weighted by Crippen LogP contribution is -2.38. The summed E-state index contributed by atoms with van der Waals surface area (Å²) in [5.74, 6) is 0.696. The summed E-state index contributed by atoms with van der Waals surface area (Å²) < 4.78 is 0. The molecule has 0 bridgehead atoms. The van der Waals surface area contributed by atoms with Crippen LogP contribution < -0.4 is 5.73 Å². The van der Waals surface area contributed by atoms with E-state index in [9.17, 15) is 0 Å². The normalized spacial score (nSPS) is 24.5. The summed E-state index contributed by atoms with van der Waals surface area (Å²) in [4.78, 5) is 8.92. The van der Waals surface area contributed by atoms with Crippen molar-refractivity contribution in [1.82, 2.24) is 9.88 Å². The summed E-state index contributed by atoms with van der Waals surface area (Å²) in [5, 5.41) is 1.29. The van der Waals surface area contributed by atoms with Gasteiger partial charge >= 0.3 is 0 Å². The molecule has 2 N–H and O–H groups in total. The molecule has 2 aliphatic rings. The molecular weight excluding hydrogens is 278 g/mol. The summed E-state index contributed by atoms with van der Waals surface area (Å²) >= 11 is 1.86. The molecule has 0 radical (unpaired) electrons. The highest BCUT2D eigenvalue weighted by atomic mass is 32.1. The van der Waals surface area contributed by atoms with Gasteiger partial charge < -0.3 is 10.6 Å². The fourth-order valence-electron chi connectivity index (χ4n) is 3.31. The van der Waals surface area contributed by atoms with Gasteiger partial charge in [0.2, 0.25) is 0 Å². The number of nitrogens with two attached hydrogens (primary N) is 1. The minimum Gasteiger partial charge on any atom is -0.321 e. The lowest BCUT2D eigenvalue weighted by Gasteiger charge is -2.33. The quantitative estimate of drug-likeness (QED) is 0.903. The molecule has 4 heteroatoms. The first-order valence-corrected chi connectivity index (χ1v) is 9.30.